The number of ether oxygens (including phenoxy) is 2. The summed E-state index contributed by atoms with van der Waals surface area (Å²) in [6.45, 7) is -0.890. The Bertz CT molecular complexity index is 1110. The summed E-state index contributed by atoms with van der Waals surface area (Å²) in [5.74, 6) is 0. The van der Waals surface area contributed by atoms with Crippen LogP contribution in [0.5, 0.6) is 0 Å². The lowest BCUT2D eigenvalue weighted by Crippen LogP contribution is -2.58. The molecule has 1 aromatic rings. The Hall–Kier alpha value is -1.34. The number of rotatable bonds is 8. The van der Waals surface area contributed by atoms with Crippen molar-refractivity contribution in [3.05, 3.63) is 33.1 Å². The van der Waals surface area contributed by atoms with Crippen molar-refractivity contribution in [2.75, 3.05) is 12.8 Å². The van der Waals surface area contributed by atoms with E-state index < -0.39 is 94.7 Å². The number of hydrogen-bond acceptors (Lipinski definition) is 14. The molecule has 2 fully saturated rings. The largest absolute Gasteiger partial charge is 0.481 e. The molecule has 200 valence electrons. The van der Waals surface area contributed by atoms with Crippen molar-refractivity contribution in [2.45, 2.75) is 55.2 Å². The Morgan fingerprint density at radius 3 is 2.17 bits per heavy atom. The first kappa shape index (κ1) is 28.2. The van der Waals surface area contributed by atoms with Crippen LogP contribution in [0.2, 0.25) is 0 Å². The fourth-order valence-corrected chi connectivity index (χ4v) is 6.37. The number of hydrogen-bond donors (Lipinski definition) is 9. The number of aromatic amines is 1. The van der Waals surface area contributed by atoms with E-state index >= 15 is 0 Å². The molecule has 11 atom stereocenters. The first-order chi connectivity index (χ1) is 16.2. The molecule has 0 amide bonds. The van der Waals surface area contributed by atoms with Gasteiger partial charge in [0, 0.05) is 12.3 Å². The van der Waals surface area contributed by atoms with E-state index in [2.05, 4.69) is 8.83 Å². The molecule has 1 aromatic heterocycles. The van der Waals surface area contributed by atoms with Gasteiger partial charge < -0.3 is 49.9 Å². The molecule has 3 rings (SSSR count). The van der Waals surface area contributed by atoms with Crippen LogP contribution in [0.4, 0.5) is 0 Å². The third kappa shape index (κ3) is 6.33. The van der Waals surface area contributed by atoms with Gasteiger partial charge >= 0.3 is 21.1 Å². The number of phosphoric ester groups is 1. The second-order valence-electron chi connectivity index (χ2n) is 7.74. The lowest BCUT2D eigenvalue weighted by atomic mass is 10.00. The van der Waals surface area contributed by atoms with Crippen molar-refractivity contribution in [3.63, 3.8) is 0 Å². The highest BCUT2D eigenvalue weighted by Gasteiger charge is 2.50. The minimum absolute atomic E-state index is 0.692. The average molecular weight is 550 g/mol. The first-order valence-electron chi connectivity index (χ1n) is 9.83. The van der Waals surface area contributed by atoms with Crippen molar-refractivity contribution < 1.29 is 67.9 Å². The van der Waals surface area contributed by atoms with E-state index in [0.717, 1.165) is 12.3 Å². The fourth-order valence-electron chi connectivity index (χ4n) is 3.46. The van der Waals surface area contributed by atoms with Crippen LogP contribution < -0.4 is 11.2 Å². The minimum atomic E-state index is -5.55. The first-order valence-corrected chi connectivity index (χ1v) is 13.1. The van der Waals surface area contributed by atoms with E-state index in [1.165, 1.54) is 0 Å². The maximum atomic E-state index is 12.5. The van der Waals surface area contributed by atoms with Gasteiger partial charge in [-0.3, -0.25) is 23.4 Å². The summed E-state index contributed by atoms with van der Waals surface area (Å²) in [7, 11) is -10.7. The highest BCUT2D eigenvalue weighted by molar-refractivity contribution is 7.64. The van der Waals surface area contributed by atoms with Crippen molar-refractivity contribution in [1.82, 2.24) is 9.55 Å². The van der Waals surface area contributed by atoms with E-state index in [4.69, 9.17) is 14.6 Å². The summed E-state index contributed by atoms with van der Waals surface area (Å²) in [6.07, 6.45) is -16.9. The van der Waals surface area contributed by atoms with E-state index in [1.807, 2.05) is 4.98 Å². The number of nitrogens with one attached hydrogen (secondary N) is 1. The molecular formula is C15H24N2O16P2. The van der Waals surface area contributed by atoms with Crippen LogP contribution in [0, 0.1) is 0 Å². The molecule has 2 saturated heterocycles. The van der Waals surface area contributed by atoms with Gasteiger partial charge in [0.05, 0.1) is 12.8 Å². The van der Waals surface area contributed by atoms with Crippen LogP contribution >= 0.6 is 15.4 Å². The zero-order valence-electron chi connectivity index (χ0n) is 17.5. The zero-order chi connectivity index (χ0) is 26.3. The Labute approximate surface area is 194 Å². The molecule has 9 N–H and O–H groups in total. The molecule has 0 aromatic carbocycles. The molecule has 3 heterocycles. The predicted octanol–water partition coefficient (Wildman–Crippen LogP) is -4.73. The Kier molecular flexibility index (Phi) is 8.52. The van der Waals surface area contributed by atoms with Crippen LogP contribution in [0.1, 0.15) is 6.23 Å². The topological polar surface area (TPSA) is 288 Å². The molecule has 0 aliphatic carbocycles. The number of H-pyrrole nitrogens is 1. The molecule has 0 saturated carbocycles. The molecular weight excluding hydrogens is 526 g/mol. The van der Waals surface area contributed by atoms with E-state index in [1.54, 1.807) is 0 Å². The summed E-state index contributed by atoms with van der Waals surface area (Å²) < 4.78 is 44.2. The second kappa shape index (κ2) is 10.6. The summed E-state index contributed by atoms with van der Waals surface area (Å²) in [6, 6.07) is 0.912. The van der Waals surface area contributed by atoms with Gasteiger partial charge in [0.25, 0.3) is 5.56 Å². The maximum Gasteiger partial charge on any atom is 0.481 e. The van der Waals surface area contributed by atoms with Gasteiger partial charge in [-0.05, 0) is 0 Å². The molecule has 2 unspecified atom stereocenters. The smallest absolute Gasteiger partial charge is 0.394 e. The van der Waals surface area contributed by atoms with Gasteiger partial charge in [0.2, 0.25) is 0 Å². The third-order valence-corrected chi connectivity index (χ3v) is 8.33. The molecule has 35 heavy (non-hydrogen) atoms. The number of phosphoric acid groups is 1. The number of aliphatic hydroxyl groups is 6. The van der Waals surface area contributed by atoms with Gasteiger partial charge in [-0.25, -0.2) is 13.7 Å². The second-order valence-corrected chi connectivity index (χ2v) is 11.2. The average Bonchev–Trinajstić information content (AvgIpc) is 3.01. The van der Waals surface area contributed by atoms with Crippen molar-refractivity contribution in [2.24, 2.45) is 0 Å². The lowest BCUT2D eigenvalue weighted by molar-refractivity contribution is -0.280. The summed E-state index contributed by atoms with van der Waals surface area (Å²) in [5, 5.41) is 58.7. The van der Waals surface area contributed by atoms with Gasteiger partial charge in [-0.2, -0.15) is 0 Å². The Morgan fingerprint density at radius 2 is 1.57 bits per heavy atom. The van der Waals surface area contributed by atoms with Crippen LogP contribution in [0.25, 0.3) is 0 Å². The van der Waals surface area contributed by atoms with Crippen molar-refractivity contribution in [1.29, 1.82) is 0 Å². The van der Waals surface area contributed by atoms with E-state index in [0.29, 0.717) is 4.57 Å². The summed E-state index contributed by atoms with van der Waals surface area (Å²) >= 11 is 0. The number of nitrogens with zero attached hydrogens (tertiary/aromatic N) is 1. The molecule has 0 spiro atoms. The van der Waals surface area contributed by atoms with E-state index in [-0.39, 0.29) is 0 Å². The van der Waals surface area contributed by atoms with Crippen LogP contribution in [0.15, 0.2) is 21.9 Å². The maximum absolute atomic E-state index is 12.5. The van der Waals surface area contributed by atoms with E-state index in [9.17, 15) is 54.0 Å². The van der Waals surface area contributed by atoms with Crippen LogP contribution in [-0.4, -0.2) is 112 Å². The van der Waals surface area contributed by atoms with Gasteiger partial charge in [-0.1, -0.05) is 0 Å². The molecule has 2 aliphatic heterocycles. The molecule has 0 bridgehead atoms. The fraction of sp³-hybridized carbons (Fsp3) is 0.733. The lowest BCUT2D eigenvalue weighted by Gasteiger charge is -2.39. The molecule has 18 nitrogen and oxygen atoms in total. The normalized spacial score (nSPS) is 39.1. The quantitative estimate of drug-likeness (QED) is 0.137. The highest BCUT2D eigenvalue weighted by atomic mass is 31.3. The predicted molar refractivity (Wildman–Crippen MR) is 108 cm³/mol. The van der Waals surface area contributed by atoms with Gasteiger partial charge in [0.15, 0.2) is 12.5 Å². The molecule has 20 heteroatoms. The molecule has 2 aliphatic rings. The SMILES string of the molecule is O=c1ccn([C@@H]2O[C@H](CP(=O)(O)OP(=O)(O)O[C@H]3O[C@H](CO)[C@@H](O)[C@H](O)[C@H]3O)[C@@H](O)[C@H]2O)c(=O)[nH]1. The monoisotopic (exact) mass is 550 g/mol. The van der Waals surface area contributed by atoms with Gasteiger partial charge in [0.1, 0.15) is 42.7 Å². The van der Waals surface area contributed by atoms with Gasteiger partial charge in [-0.15, -0.1) is 0 Å². The third-order valence-electron chi connectivity index (χ3n) is 5.19. The highest BCUT2D eigenvalue weighted by Crippen LogP contribution is 2.61. The number of aliphatic hydroxyl groups excluding tert-OH is 6. The van der Waals surface area contributed by atoms with Crippen molar-refractivity contribution >= 4 is 15.4 Å². The number of aromatic nitrogens is 2. The minimum Gasteiger partial charge on any atom is -0.394 e. The Balaban J connectivity index is 1.68. The summed E-state index contributed by atoms with van der Waals surface area (Å²) in [4.78, 5) is 44.9. The molecule has 0 radical (unpaired) electrons. The van der Waals surface area contributed by atoms with Crippen LogP contribution in [-0.2, 0) is 27.4 Å². The Morgan fingerprint density at radius 1 is 0.943 bits per heavy atom. The zero-order valence-corrected chi connectivity index (χ0v) is 19.2. The summed E-state index contributed by atoms with van der Waals surface area (Å²) in [5.41, 5.74) is -1.78. The van der Waals surface area contributed by atoms with Crippen LogP contribution in [0.3, 0.4) is 0 Å². The van der Waals surface area contributed by atoms with Crippen molar-refractivity contribution in [3.8, 4) is 0 Å². The standard InChI is InChI=1S/C15H24N2O16P2/c18-3-5-8(20)10(22)12(24)14(31-5)32-35(28,29)33-34(26,27)4-6-9(21)11(23)13(30-6)17-2-1-7(19)16-15(17)25/h1-2,5-6,8-14,18,20-24H,3-4H2,(H,26,27)(H,28,29)(H,16,19,25)/t5-,6-,8-,9-,10+,11-,12-,13-,14-/m1/s1.